The molecule has 0 amide bonds. The number of hydrogen-bond donors (Lipinski definition) is 1. The van der Waals surface area contributed by atoms with E-state index in [0.717, 1.165) is 18.8 Å². The smallest absolute Gasteiger partial charge is 0.123 e. The van der Waals surface area contributed by atoms with Gasteiger partial charge in [-0.25, -0.2) is 4.98 Å². The molecule has 1 aromatic carbocycles. The van der Waals surface area contributed by atoms with Crippen LogP contribution in [0.5, 0.6) is 5.75 Å². The fourth-order valence-corrected chi connectivity index (χ4v) is 2.87. The molecule has 1 fully saturated rings. The second-order valence-corrected chi connectivity index (χ2v) is 5.26. The third kappa shape index (κ3) is 2.70. The summed E-state index contributed by atoms with van der Waals surface area (Å²) in [7, 11) is 1.72. The van der Waals surface area contributed by atoms with Gasteiger partial charge in [0.1, 0.15) is 5.75 Å². The Bertz CT molecular complexity index is 558. The minimum absolute atomic E-state index is 0.431. The summed E-state index contributed by atoms with van der Waals surface area (Å²) in [4.78, 5) is 4.33. The molecule has 1 atom stereocenters. The number of rotatable bonds is 4. The summed E-state index contributed by atoms with van der Waals surface area (Å²) >= 11 is 0. The molecule has 1 aromatic heterocycles. The average molecular weight is 271 g/mol. The second-order valence-electron chi connectivity index (χ2n) is 5.26. The number of nitrogens with one attached hydrogen (secondary N) is 1. The molecule has 0 bridgehead atoms. The van der Waals surface area contributed by atoms with E-state index in [1.54, 1.807) is 7.11 Å². The molecular formula is C16H21N3O. The Morgan fingerprint density at radius 2 is 2.25 bits per heavy atom. The molecule has 1 aliphatic rings. The number of para-hydroxylation sites is 1. The monoisotopic (exact) mass is 271 g/mol. The summed E-state index contributed by atoms with van der Waals surface area (Å²) in [6.07, 6.45) is 7.66. The Labute approximate surface area is 119 Å². The van der Waals surface area contributed by atoms with E-state index in [0.29, 0.717) is 6.04 Å². The van der Waals surface area contributed by atoms with Crippen molar-refractivity contribution in [2.45, 2.75) is 31.8 Å². The van der Waals surface area contributed by atoms with Gasteiger partial charge in [0.15, 0.2) is 0 Å². The third-order valence-electron chi connectivity index (χ3n) is 3.95. The van der Waals surface area contributed by atoms with Crippen molar-refractivity contribution in [1.29, 1.82) is 0 Å². The standard InChI is InChI=1S/C16H21N3O/c1-20-16-8-3-2-6-13(16)11-19-12-17-10-15(19)14-7-4-5-9-18-14/h2-3,6,8,10,12,14,18H,4-5,7,9,11H2,1H3. The van der Waals surface area contributed by atoms with Crippen molar-refractivity contribution in [3.63, 3.8) is 0 Å². The van der Waals surface area contributed by atoms with Gasteiger partial charge in [0.2, 0.25) is 0 Å². The van der Waals surface area contributed by atoms with Gasteiger partial charge in [0.05, 0.1) is 25.7 Å². The topological polar surface area (TPSA) is 39.1 Å². The maximum atomic E-state index is 5.43. The second kappa shape index (κ2) is 6.09. The molecule has 106 valence electrons. The molecule has 2 heterocycles. The van der Waals surface area contributed by atoms with Crippen molar-refractivity contribution in [3.8, 4) is 5.75 Å². The number of imidazole rings is 1. The van der Waals surface area contributed by atoms with E-state index in [-0.39, 0.29) is 0 Å². The van der Waals surface area contributed by atoms with Crippen molar-refractivity contribution in [1.82, 2.24) is 14.9 Å². The Hall–Kier alpha value is -1.81. The first-order valence-corrected chi connectivity index (χ1v) is 7.24. The lowest BCUT2D eigenvalue weighted by Gasteiger charge is -2.24. The van der Waals surface area contributed by atoms with Crippen LogP contribution in [0.1, 0.15) is 36.6 Å². The maximum absolute atomic E-state index is 5.43. The van der Waals surface area contributed by atoms with E-state index in [1.807, 2.05) is 30.7 Å². The highest BCUT2D eigenvalue weighted by molar-refractivity contribution is 5.33. The van der Waals surface area contributed by atoms with Crippen LogP contribution in [0.3, 0.4) is 0 Å². The van der Waals surface area contributed by atoms with Crippen molar-refractivity contribution >= 4 is 0 Å². The molecule has 4 nitrogen and oxygen atoms in total. The molecule has 20 heavy (non-hydrogen) atoms. The summed E-state index contributed by atoms with van der Waals surface area (Å²) in [5.41, 5.74) is 2.46. The van der Waals surface area contributed by atoms with Crippen LogP contribution in [0.15, 0.2) is 36.8 Å². The molecule has 1 saturated heterocycles. The zero-order valence-electron chi connectivity index (χ0n) is 11.9. The van der Waals surface area contributed by atoms with Crippen LogP contribution in [-0.2, 0) is 6.54 Å². The first-order valence-electron chi connectivity index (χ1n) is 7.24. The Morgan fingerprint density at radius 3 is 3.05 bits per heavy atom. The van der Waals surface area contributed by atoms with Crippen LogP contribution in [0.2, 0.25) is 0 Å². The molecule has 0 aliphatic carbocycles. The molecule has 2 aromatic rings. The molecule has 1 unspecified atom stereocenters. The van der Waals surface area contributed by atoms with E-state index in [1.165, 1.54) is 30.5 Å². The normalized spacial score (nSPS) is 18.9. The van der Waals surface area contributed by atoms with Gasteiger partial charge in [-0.3, -0.25) is 0 Å². The van der Waals surface area contributed by atoms with Gasteiger partial charge < -0.3 is 14.6 Å². The Balaban J connectivity index is 1.82. The number of ether oxygens (including phenoxy) is 1. The van der Waals surface area contributed by atoms with E-state index >= 15 is 0 Å². The van der Waals surface area contributed by atoms with Gasteiger partial charge >= 0.3 is 0 Å². The first-order chi connectivity index (χ1) is 9.88. The summed E-state index contributed by atoms with van der Waals surface area (Å²) in [6.45, 7) is 1.90. The van der Waals surface area contributed by atoms with Crippen molar-refractivity contribution in [3.05, 3.63) is 48.0 Å². The number of hydrogen-bond acceptors (Lipinski definition) is 3. The third-order valence-corrected chi connectivity index (χ3v) is 3.95. The van der Waals surface area contributed by atoms with Gasteiger partial charge in [-0.15, -0.1) is 0 Å². The molecule has 0 spiro atoms. The van der Waals surface area contributed by atoms with Crippen molar-refractivity contribution < 1.29 is 4.74 Å². The van der Waals surface area contributed by atoms with Crippen molar-refractivity contribution in [2.75, 3.05) is 13.7 Å². The van der Waals surface area contributed by atoms with Crippen LogP contribution in [0.25, 0.3) is 0 Å². The number of piperidine rings is 1. The molecule has 0 radical (unpaired) electrons. The SMILES string of the molecule is COc1ccccc1Cn1cncc1C1CCCCN1. The number of methoxy groups -OCH3 is 1. The van der Waals surface area contributed by atoms with Crippen molar-refractivity contribution in [2.24, 2.45) is 0 Å². The van der Waals surface area contributed by atoms with E-state index in [2.05, 4.69) is 20.9 Å². The first kappa shape index (κ1) is 13.2. The summed E-state index contributed by atoms with van der Waals surface area (Å²) < 4.78 is 7.65. The number of nitrogens with zero attached hydrogens (tertiary/aromatic N) is 2. The molecule has 3 rings (SSSR count). The molecule has 4 heteroatoms. The predicted octanol–water partition coefficient (Wildman–Crippen LogP) is 2.75. The fraction of sp³-hybridized carbons (Fsp3) is 0.438. The highest BCUT2D eigenvalue weighted by Crippen LogP contribution is 2.25. The van der Waals surface area contributed by atoms with Gasteiger partial charge in [-0.2, -0.15) is 0 Å². The fourth-order valence-electron chi connectivity index (χ4n) is 2.87. The summed E-state index contributed by atoms with van der Waals surface area (Å²) in [5.74, 6) is 0.934. The maximum Gasteiger partial charge on any atom is 0.123 e. The molecule has 0 saturated carbocycles. The largest absolute Gasteiger partial charge is 0.496 e. The van der Waals surface area contributed by atoms with Crippen LogP contribution in [0.4, 0.5) is 0 Å². The van der Waals surface area contributed by atoms with E-state index in [4.69, 9.17) is 4.74 Å². The summed E-state index contributed by atoms with van der Waals surface area (Å²) in [6, 6.07) is 8.59. The lowest BCUT2D eigenvalue weighted by molar-refractivity contribution is 0.391. The number of benzene rings is 1. The van der Waals surface area contributed by atoms with E-state index in [9.17, 15) is 0 Å². The van der Waals surface area contributed by atoms with Gasteiger partial charge in [-0.1, -0.05) is 24.6 Å². The van der Waals surface area contributed by atoms with Crippen LogP contribution in [-0.4, -0.2) is 23.2 Å². The minimum atomic E-state index is 0.431. The number of aromatic nitrogens is 2. The molecular weight excluding hydrogens is 250 g/mol. The molecule has 1 aliphatic heterocycles. The minimum Gasteiger partial charge on any atom is -0.496 e. The van der Waals surface area contributed by atoms with Gasteiger partial charge in [0.25, 0.3) is 0 Å². The van der Waals surface area contributed by atoms with Crippen LogP contribution < -0.4 is 10.1 Å². The van der Waals surface area contributed by atoms with Gasteiger partial charge in [-0.05, 0) is 25.5 Å². The quantitative estimate of drug-likeness (QED) is 0.929. The van der Waals surface area contributed by atoms with E-state index < -0.39 is 0 Å². The Kier molecular flexibility index (Phi) is 4.02. The highest BCUT2D eigenvalue weighted by Gasteiger charge is 2.18. The predicted molar refractivity (Wildman–Crippen MR) is 78.9 cm³/mol. The highest BCUT2D eigenvalue weighted by atomic mass is 16.5. The summed E-state index contributed by atoms with van der Waals surface area (Å²) in [5, 5.41) is 3.58. The van der Waals surface area contributed by atoms with Crippen LogP contribution in [0, 0.1) is 0 Å². The lowest BCUT2D eigenvalue weighted by atomic mass is 10.0. The average Bonchev–Trinajstić information content (AvgIpc) is 2.97. The van der Waals surface area contributed by atoms with Gasteiger partial charge in [0, 0.05) is 17.8 Å². The Morgan fingerprint density at radius 1 is 1.35 bits per heavy atom. The molecule has 1 N–H and O–H groups in total. The van der Waals surface area contributed by atoms with Crippen LogP contribution >= 0.6 is 0 Å². The zero-order valence-corrected chi connectivity index (χ0v) is 11.9. The lowest BCUT2D eigenvalue weighted by Crippen LogP contribution is -2.28. The zero-order chi connectivity index (χ0) is 13.8.